The smallest absolute Gasteiger partial charge is 0.311 e. The highest BCUT2D eigenvalue weighted by atomic mass is 16.6. The molecular formula is C34H56O10. The average molecular weight is 625 g/mol. The summed E-state index contributed by atoms with van der Waals surface area (Å²) in [4.78, 5) is 13.0. The third kappa shape index (κ3) is 17.4. The van der Waals surface area contributed by atoms with Crippen LogP contribution in [0, 0.1) is 5.92 Å². The Morgan fingerprint density at radius 2 is 1.16 bits per heavy atom. The molecule has 0 amide bonds. The van der Waals surface area contributed by atoms with Crippen LogP contribution in [-0.2, 0) is 9.53 Å². The number of hydrogen-bond acceptors (Lipinski definition) is 10. The van der Waals surface area contributed by atoms with Gasteiger partial charge in [-0.2, -0.15) is 0 Å². The molecule has 0 aromatic rings. The quantitative estimate of drug-likeness (QED) is 0.171. The predicted molar refractivity (Wildman–Crippen MR) is 169 cm³/mol. The molecular weight excluding hydrogens is 568 g/mol. The van der Waals surface area contributed by atoms with Gasteiger partial charge in [-0.1, -0.05) is 80.9 Å². The van der Waals surface area contributed by atoms with Crippen molar-refractivity contribution in [2.24, 2.45) is 5.92 Å². The van der Waals surface area contributed by atoms with Gasteiger partial charge < -0.3 is 45.6 Å². The van der Waals surface area contributed by atoms with Gasteiger partial charge in [-0.15, -0.1) is 0 Å². The Bertz CT molecular complexity index is 942. The minimum Gasteiger partial charge on any atom is -0.459 e. The van der Waals surface area contributed by atoms with Crippen LogP contribution in [0.5, 0.6) is 0 Å². The van der Waals surface area contributed by atoms with E-state index in [4.69, 9.17) is 4.74 Å². The molecule has 10 atom stereocenters. The van der Waals surface area contributed by atoms with Crippen molar-refractivity contribution in [3.05, 3.63) is 60.3 Å². The molecule has 1 aliphatic heterocycles. The van der Waals surface area contributed by atoms with E-state index in [1.165, 1.54) is 6.08 Å². The molecule has 10 nitrogen and oxygen atoms in total. The van der Waals surface area contributed by atoms with Gasteiger partial charge in [0, 0.05) is 12.8 Å². The number of aliphatic hydroxyl groups excluding tert-OH is 8. The Kier molecular flexibility index (Phi) is 20.3. The Morgan fingerprint density at radius 3 is 1.70 bits per heavy atom. The van der Waals surface area contributed by atoms with Gasteiger partial charge in [0.1, 0.15) is 12.2 Å². The van der Waals surface area contributed by atoms with E-state index >= 15 is 0 Å². The fourth-order valence-corrected chi connectivity index (χ4v) is 5.02. The number of carbonyl (C=O) groups is 1. The summed E-state index contributed by atoms with van der Waals surface area (Å²) in [5, 5.41) is 83.7. The van der Waals surface area contributed by atoms with Crippen molar-refractivity contribution in [1.82, 2.24) is 0 Å². The highest BCUT2D eigenvalue weighted by Crippen LogP contribution is 2.23. The molecule has 0 fully saturated rings. The van der Waals surface area contributed by atoms with Gasteiger partial charge in [0.15, 0.2) is 0 Å². The number of esters is 1. The fourth-order valence-electron chi connectivity index (χ4n) is 5.02. The van der Waals surface area contributed by atoms with Gasteiger partial charge in [-0.3, -0.25) is 4.79 Å². The van der Waals surface area contributed by atoms with E-state index in [-0.39, 0.29) is 38.5 Å². The lowest BCUT2D eigenvalue weighted by Gasteiger charge is -2.27. The first-order valence-corrected chi connectivity index (χ1v) is 15.8. The molecule has 0 radical (unpaired) electrons. The molecule has 252 valence electrons. The van der Waals surface area contributed by atoms with Crippen LogP contribution >= 0.6 is 0 Å². The van der Waals surface area contributed by atoms with Gasteiger partial charge in [0.2, 0.25) is 0 Å². The molecule has 0 unspecified atom stereocenters. The zero-order valence-corrected chi connectivity index (χ0v) is 26.4. The molecule has 10 heteroatoms. The zero-order chi connectivity index (χ0) is 33.1. The second kappa shape index (κ2) is 22.4. The average Bonchev–Trinajstić information content (AvgIpc) is 2.92. The fraction of sp³-hybridized carbons (Fsp3) is 0.676. The van der Waals surface area contributed by atoms with Gasteiger partial charge in [-0.25, -0.2) is 0 Å². The van der Waals surface area contributed by atoms with Crippen molar-refractivity contribution < 1.29 is 50.4 Å². The van der Waals surface area contributed by atoms with Crippen molar-refractivity contribution in [2.75, 3.05) is 0 Å². The van der Waals surface area contributed by atoms with Crippen LogP contribution in [0.2, 0.25) is 0 Å². The molecule has 1 aliphatic rings. The van der Waals surface area contributed by atoms with E-state index in [0.29, 0.717) is 18.4 Å². The second-order valence-electron chi connectivity index (χ2n) is 12.0. The molecule has 44 heavy (non-hydrogen) atoms. The largest absolute Gasteiger partial charge is 0.459 e. The molecule has 0 bridgehead atoms. The minimum absolute atomic E-state index is 0.00281. The molecule has 8 N–H and O–H groups in total. The summed E-state index contributed by atoms with van der Waals surface area (Å²) in [6, 6.07) is 0. The summed E-state index contributed by atoms with van der Waals surface area (Å²) in [6.07, 6.45) is 7.64. The van der Waals surface area contributed by atoms with Crippen molar-refractivity contribution in [1.29, 1.82) is 0 Å². The minimum atomic E-state index is -1.25. The number of hydrogen-bond donors (Lipinski definition) is 8. The van der Waals surface area contributed by atoms with Crippen molar-refractivity contribution in [2.45, 2.75) is 140 Å². The lowest BCUT2D eigenvalue weighted by molar-refractivity contribution is -0.162. The molecule has 0 aliphatic carbocycles. The Balaban J connectivity index is 3.07. The lowest BCUT2D eigenvalue weighted by Crippen LogP contribution is -2.37. The first-order chi connectivity index (χ1) is 20.8. The van der Waals surface area contributed by atoms with Crippen LogP contribution in [-0.4, -0.2) is 102 Å². The Hall–Kier alpha value is -2.15. The maximum absolute atomic E-state index is 13.0. The standard InChI is InChI=1S/C34H56O10/c1-4-5-11-15-30-33(42)22-29(39)20-27(37)18-25(35)17-26(36)19-28(38)21-32(41)23(2)14-12-9-7-6-8-10-13-16-31(40)24(3)44-34(30)43/h6-10,12-14,16,24-33,35-42H,4-5,11,15,17-22H2,1-3H3/b7-6+,10-8+,12-9+,16-13+,23-14+/t24-,25+,26-,27+,28-,29+,30-,31+,32+,33+/m1/s1. The number of cyclic esters (lactones) is 1. The Labute approximate surface area is 262 Å². The van der Waals surface area contributed by atoms with Crippen molar-refractivity contribution in [3.63, 3.8) is 0 Å². The normalized spacial score (nSPS) is 39.1. The lowest BCUT2D eigenvalue weighted by atomic mass is 9.90. The summed E-state index contributed by atoms with van der Waals surface area (Å²) < 4.78 is 5.48. The molecule has 1 heterocycles. The van der Waals surface area contributed by atoms with Crippen LogP contribution in [0.1, 0.15) is 85.0 Å². The maximum Gasteiger partial charge on any atom is 0.311 e. The summed E-state index contributed by atoms with van der Waals surface area (Å²) in [5.41, 5.74) is 0.623. The zero-order valence-electron chi connectivity index (χ0n) is 26.4. The first kappa shape index (κ1) is 39.9. The first-order valence-electron chi connectivity index (χ1n) is 15.8. The van der Waals surface area contributed by atoms with E-state index in [0.717, 1.165) is 12.8 Å². The van der Waals surface area contributed by atoms with Crippen molar-refractivity contribution in [3.8, 4) is 0 Å². The molecule has 0 aromatic heterocycles. The molecule has 0 saturated carbocycles. The highest BCUT2D eigenvalue weighted by molar-refractivity contribution is 5.73. The van der Waals surface area contributed by atoms with E-state index in [1.54, 1.807) is 62.5 Å². The van der Waals surface area contributed by atoms with Gasteiger partial charge in [-0.05, 0) is 51.5 Å². The van der Waals surface area contributed by atoms with E-state index in [2.05, 4.69) is 0 Å². The van der Waals surface area contributed by atoms with Crippen LogP contribution in [0.25, 0.3) is 0 Å². The van der Waals surface area contributed by atoms with Gasteiger partial charge in [0.25, 0.3) is 0 Å². The van der Waals surface area contributed by atoms with Gasteiger partial charge >= 0.3 is 5.97 Å². The van der Waals surface area contributed by atoms with E-state index in [9.17, 15) is 45.6 Å². The van der Waals surface area contributed by atoms with Crippen molar-refractivity contribution >= 4 is 5.97 Å². The van der Waals surface area contributed by atoms with Crippen LogP contribution < -0.4 is 0 Å². The topological polar surface area (TPSA) is 188 Å². The van der Waals surface area contributed by atoms with E-state index in [1.807, 2.05) is 6.92 Å². The third-order valence-electron chi connectivity index (χ3n) is 7.71. The number of allylic oxidation sites excluding steroid dienone is 8. The summed E-state index contributed by atoms with van der Waals surface area (Å²) >= 11 is 0. The SMILES string of the molecule is CCCCC[C@H]1C(=O)O[C@H](C)[C@@H](O)/C=C/C=C/C=C/C=C/C=C(\C)[C@@H](O)C[C@H](O)C[C@H](O)C[C@H](O)C[C@H](O)C[C@H](O)C[C@@H]1O. The predicted octanol–water partition coefficient (Wildman–Crippen LogP) is 2.53. The van der Waals surface area contributed by atoms with Crippen LogP contribution in [0.3, 0.4) is 0 Å². The van der Waals surface area contributed by atoms with E-state index < -0.39 is 66.8 Å². The maximum atomic E-state index is 13.0. The molecule has 0 aromatic carbocycles. The number of unbranched alkanes of at least 4 members (excludes halogenated alkanes) is 2. The van der Waals surface area contributed by atoms with Gasteiger partial charge in [0.05, 0.1) is 48.6 Å². The Morgan fingerprint density at radius 1 is 0.682 bits per heavy atom. The second-order valence-corrected chi connectivity index (χ2v) is 12.0. The molecule has 1 rings (SSSR count). The number of ether oxygens (including phenoxy) is 1. The monoisotopic (exact) mass is 624 g/mol. The summed E-state index contributed by atoms with van der Waals surface area (Å²) in [7, 11) is 0. The highest BCUT2D eigenvalue weighted by Gasteiger charge is 2.32. The number of rotatable bonds is 4. The summed E-state index contributed by atoms with van der Waals surface area (Å²) in [6.45, 7) is 5.28. The summed E-state index contributed by atoms with van der Waals surface area (Å²) in [5.74, 6) is -1.61. The molecule has 0 saturated heterocycles. The number of carbonyl (C=O) groups excluding carboxylic acids is 1. The van der Waals surface area contributed by atoms with Crippen LogP contribution in [0.15, 0.2) is 60.3 Å². The number of aliphatic hydroxyl groups is 8. The van der Waals surface area contributed by atoms with Crippen LogP contribution in [0.4, 0.5) is 0 Å². The third-order valence-corrected chi connectivity index (χ3v) is 7.71. The molecule has 0 spiro atoms.